The summed E-state index contributed by atoms with van der Waals surface area (Å²) in [5.74, 6) is -0.547. The SMILES string of the molecule is CC[C@H](C)NC(=O)[C@@H](Cc1ccccc1)N(Cc1ccccc1)C(=O)CN(c1ccc(OC)cc1)S(=O)(=O)c1ccc(C)c([N+](=O)[O-])c1. The minimum atomic E-state index is -4.54. The maximum Gasteiger partial charge on any atom is 0.273 e. The summed E-state index contributed by atoms with van der Waals surface area (Å²) in [4.78, 5) is 40.6. The summed E-state index contributed by atoms with van der Waals surface area (Å²) in [5.41, 5.74) is 1.62. The second-order valence-electron chi connectivity index (χ2n) is 11.4. The second kappa shape index (κ2) is 16.1. The zero-order valence-electron chi connectivity index (χ0n) is 27.4. The lowest BCUT2D eigenvalue weighted by molar-refractivity contribution is -0.385. The van der Waals surface area contributed by atoms with Crippen LogP contribution < -0.4 is 14.4 Å². The molecule has 0 heterocycles. The van der Waals surface area contributed by atoms with E-state index in [9.17, 15) is 28.1 Å². The van der Waals surface area contributed by atoms with Gasteiger partial charge < -0.3 is 15.0 Å². The second-order valence-corrected chi connectivity index (χ2v) is 13.3. The van der Waals surface area contributed by atoms with Crippen molar-refractivity contribution >= 4 is 33.2 Å². The number of sulfonamides is 1. The number of hydrogen-bond acceptors (Lipinski definition) is 7. The number of carbonyl (C=O) groups excluding carboxylic acids is 2. The highest BCUT2D eigenvalue weighted by atomic mass is 32.2. The fourth-order valence-electron chi connectivity index (χ4n) is 5.13. The molecule has 0 aliphatic heterocycles. The lowest BCUT2D eigenvalue weighted by atomic mass is 10.0. The van der Waals surface area contributed by atoms with Crippen LogP contribution in [-0.4, -0.2) is 55.8 Å². The van der Waals surface area contributed by atoms with E-state index in [4.69, 9.17) is 4.74 Å². The van der Waals surface area contributed by atoms with Crippen molar-refractivity contribution in [2.45, 2.75) is 57.1 Å². The van der Waals surface area contributed by atoms with Crippen LogP contribution in [0.1, 0.15) is 37.0 Å². The van der Waals surface area contributed by atoms with Crippen LogP contribution in [0.3, 0.4) is 0 Å². The summed E-state index contributed by atoms with van der Waals surface area (Å²) in [6, 6.07) is 27.0. The number of benzene rings is 4. The quantitative estimate of drug-likeness (QED) is 0.127. The van der Waals surface area contributed by atoms with Crippen molar-refractivity contribution in [3.8, 4) is 5.75 Å². The Hall–Kier alpha value is -5.23. The summed E-state index contributed by atoms with van der Waals surface area (Å²) >= 11 is 0. The third kappa shape index (κ3) is 8.77. The number of amides is 2. The fraction of sp³-hybridized carbons (Fsp3) is 0.278. The molecule has 0 aliphatic carbocycles. The molecule has 0 spiro atoms. The molecule has 4 aromatic rings. The van der Waals surface area contributed by atoms with Gasteiger partial charge in [-0.3, -0.25) is 24.0 Å². The zero-order chi connectivity index (χ0) is 34.8. The van der Waals surface area contributed by atoms with E-state index in [2.05, 4.69) is 5.32 Å². The number of nitro benzene ring substituents is 1. The molecule has 4 rings (SSSR count). The van der Waals surface area contributed by atoms with Crippen molar-refractivity contribution in [2.24, 2.45) is 0 Å². The average Bonchev–Trinajstić information content (AvgIpc) is 3.09. The van der Waals surface area contributed by atoms with Gasteiger partial charge in [0.2, 0.25) is 11.8 Å². The fourth-order valence-corrected chi connectivity index (χ4v) is 6.56. The molecule has 48 heavy (non-hydrogen) atoms. The van der Waals surface area contributed by atoms with E-state index in [0.29, 0.717) is 12.2 Å². The van der Waals surface area contributed by atoms with Crippen LogP contribution in [0.5, 0.6) is 5.75 Å². The highest BCUT2D eigenvalue weighted by Gasteiger charge is 2.35. The van der Waals surface area contributed by atoms with Crippen LogP contribution in [0.15, 0.2) is 108 Å². The third-order valence-corrected chi connectivity index (χ3v) is 9.84. The van der Waals surface area contributed by atoms with E-state index >= 15 is 0 Å². The van der Waals surface area contributed by atoms with Crippen molar-refractivity contribution in [1.29, 1.82) is 0 Å². The Balaban J connectivity index is 1.83. The molecule has 0 saturated heterocycles. The summed E-state index contributed by atoms with van der Waals surface area (Å²) in [7, 11) is -3.07. The molecule has 1 N–H and O–H groups in total. The Bertz CT molecular complexity index is 1820. The first kappa shape index (κ1) is 35.6. The normalized spacial score (nSPS) is 12.4. The molecular formula is C36H40N4O7S. The van der Waals surface area contributed by atoms with Gasteiger partial charge in [-0.05, 0) is 61.7 Å². The minimum absolute atomic E-state index is 0.0254. The van der Waals surface area contributed by atoms with Gasteiger partial charge >= 0.3 is 0 Å². The maximum absolute atomic E-state index is 14.6. The molecule has 0 fully saturated rings. The van der Waals surface area contributed by atoms with Gasteiger partial charge in [0.05, 0.1) is 22.6 Å². The van der Waals surface area contributed by atoms with E-state index in [1.807, 2.05) is 74.5 Å². The molecule has 0 saturated carbocycles. The molecule has 0 radical (unpaired) electrons. The van der Waals surface area contributed by atoms with Gasteiger partial charge in [0, 0.05) is 30.6 Å². The molecule has 0 aromatic heterocycles. The summed E-state index contributed by atoms with van der Waals surface area (Å²) < 4.78 is 34.7. The van der Waals surface area contributed by atoms with Crippen LogP contribution in [0, 0.1) is 17.0 Å². The van der Waals surface area contributed by atoms with Gasteiger partial charge in [-0.25, -0.2) is 8.42 Å². The molecule has 2 amide bonds. The highest BCUT2D eigenvalue weighted by molar-refractivity contribution is 7.92. The summed E-state index contributed by atoms with van der Waals surface area (Å²) in [6.45, 7) is 4.66. The number of aryl methyl sites for hydroxylation is 1. The Labute approximate surface area is 281 Å². The molecule has 252 valence electrons. The van der Waals surface area contributed by atoms with Crippen molar-refractivity contribution in [2.75, 3.05) is 18.0 Å². The first-order valence-electron chi connectivity index (χ1n) is 15.5. The lowest BCUT2D eigenvalue weighted by Gasteiger charge is -2.34. The van der Waals surface area contributed by atoms with E-state index in [0.717, 1.165) is 21.5 Å². The molecule has 12 heteroatoms. The number of nitro groups is 1. The molecule has 11 nitrogen and oxygen atoms in total. The van der Waals surface area contributed by atoms with E-state index in [1.165, 1.54) is 43.2 Å². The van der Waals surface area contributed by atoms with Crippen LogP contribution in [-0.2, 0) is 32.6 Å². The van der Waals surface area contributed by atoms with Crippen LogP contribution in [0.2, 0.25) is 0 Å². The predicted molar refractivity (Wildman–Crippen MR) is 184 cm³/mol. The molecule has 2 atom stereocenters. The summed E-state index contributed by atoms with van der Waals surface area (Å²) in [6.07, 6.45) is 0.851. The number of rotatable bonds is 15. The molecule has 0 aliphatic rings. The van der Waals surface area contributed by atoms with Gasteiger partial charge in [-0.1, -0.05) is 73.7 Å². The topological polar surface area (TPSA) is 139 Å². The number of nitrogens with zero attached hydrogens (tertiary/aromatic N) is 3. The number of methoxy groups -OCH3 is 1. The standard InChI is InChI=1S/C36H40N4O7S/c1-5-27(3)37-36(42)34(22-28-12-8-6-9-13-28)38(24-29-14-10-7-11-15-29)35(41)25-39(30-17-19-31(47-4)20-18-30)48(45,46)32-21-16-26(2)33(23-32)40(43)44/h6-21,23,27,34H,5,22,24-25H2,1-4H3,(H,37,42)/t27-,34+/m0/s1. The number of nitrogens with one attached hydrogen (secondary N) is 1. The van der Waals surface area contributed by atoms with Crippen LogP contribution in [0.25, 0.3) is 0 Å². The number of hydrogen-bond donors (Lipinski definition) is 1. The van der Waals surface area contributed by atoms with E-state index in [1.54, 1.807) is 12.1 Å². The first-order chi connectivity index (χ1) is 22.9. The van der Waals surface area contributed by atoms with Gasteiger partial charge in [-0.2, -0.15) is 0 Å². The number of ether oxygens (including phenoxy) is 1. The third-order valence-electron chi connectivity index (χ3n) is 8.07. The highest BCUT2D eigenvalue weighted by Crippen LogP contribution is 2.30. The Morgan fingerprint density at radius 3 is 2.08 bits per heavy atom. The maximum atomic E-state index is 14.6. The van der Waals surface area contributed by atoms with Crippen molar-refractivity contribution in [3.05, 3.63) is 130 Å². The van der Waals surface area contributed by atoms with Crippen LogP contribution in [0.4, 0.5) is 11.4 Å². The number of anilines is 1. The zero-order valence-corrected chi connectivity index (χ0v) is 28.2. The Morgan fingerprint density at radius 2 is 1.52 bits per heavy atom. The van der Waals surface area contributed by atoms with Crippen molar-refractivity contribution in [1.82, 2.24) is 10.2 Å². The van der Waals surface area contributed by atoms with Gasteiger partial charge in [0.25, 0.3) is 15.7 Å². The average molecular weight is 673 g/mol. The van der Waals surface area contributed by atoms with Crippen LogP contribution >= 0.6 is 0 Å². The minimum Gasteiger partial charge on any atom is -0.497 e. The summed E-state index contributed by atoms with van der Waals surface area (Å²) in [5, 5.41) is 14.7. The first-order valence-corrected chi connectivity index (χ1v) is 17.0. The van der Waals surface area contributed by atoms with E-state index in [-0.39, 0.29) is 46.7 Å². The van der Waals surface area contributed by atoms with Gasteiger partial charge in [0.15, 0.2) is 0 Å². The number of carbonyl (C=O) groups is 2. The largest absolute Gasteiger partial charge is 0.497 e. The molecule has 4 aromatic carbocycles. The smallest absolute Gasteiger partial charge is 0.273 e. The van der Waals surface area contributed by atoms with Crippen molar-refractivity contribution < 1.29 is 27.7 Å². The van der Waals surface area contributed by atoms with E-state index < -0.39 is 33.4 Å². The Morgan fingerprint density at radius 1 is 0.917 bits per heavy atom. The van der Waals surface area contributed by atoms with Gasteiger partial charge in [0.1, 0.15) is 18.3 Å². The molecular weight excluding hydrogens is 632 g/mol. The van der Waals surface area contributed by atoms with Gasteiger partial charge in [-0.15, -0.1) is 0 Å². The van der Waals surface area contributed by atoms with Crippen molar-refractivity contribution in [3.63, 3.8) is 0 Å². The monoisotopic (exact) mass is 672 g/mol. The predicted octanol–water partition coefficient (Wildman–Crippen LogP) is 5.66. The molecule has 0 unspecified atom stereocenters. The molecule has 0 bridgehead atoms. The Kier molecular flexibility index (Phi) is 11.9. The lowest BCUT2D eigenvalue weighted by Crippen LogP contribution is -2.54.